The molecule has 1 aromatic rings. The van der Waals surface area contributed by atoms with Crippen LogP contribution in [0.4, 0.5) is 11.6 Å². The highest BCUT2D eigenvalue weighted by Gasteiger charge is 1.96. The van der Waals surface area contributed by atoms with Gasteiger partial charge in [-0.15, -0.1) is 0 Å². The van der Waals surface area contributed by atoms with Crippen molar-refractivity contribution >= 4 is 11.6 Å². The third-order valence-electron chi connectivity index (χ3n) is 1.24. The lowest BCUT2D eigenvalue weighted by atomic mass is 10.5. The lowest BCUT2D eigenvalue weighted by Crippen LogP contribution is -2.10. The van der Waals surface area contributed by atoms with Gasteiger partial charge in [0.25, 0.3) is 0 Å². The molecule has 0 fully saturated rings. The van der Waals surface area contributed by atoms with Gasteiger partial charge in [0.2, 0.25) is 0 Å². The predicted octanol–water partition coefficient (Wildman–Crippen LogP) is 0.112. The zero-order valence-electron chi connectivity index (χ0n) is 6.55. The Morgan fingerprint density at radius 3 is 2.55 bits per heavy atom. The van der Waals surface area contributed by atoms with Crippen LogP contribution in [0.2, 0.25) is 0 Å². The standard InChI is InChI=1S/C6H11N5/c1-4-9-5(8-2)3-6(10-4)11-7/h3H,7H2,1-2H3,(H2,8,9,10,11). The molecule has 0 bridgehead atoms. The Balaban J connectivity index is 3.02. The Bertz CT molecular complexity index is 224. The summed E-state index contributed by atoms with van der Waals surface area (Å²) in [4.78, 5) is 8.10. The van der Waals surface area contributed by atoms with Crippen molar-refractivity contribution in [2.45, 2.75) is 6.92 Å². The minimum absolute atomic E-state index is 0.613. The van der Waals surface area contributed by atoms with E-state index in [-0.39, 0.29) is 0 Å². The van der Waals surface area contributed by atoms with Gasteiger partial charge >= 0.3 is 0 Å². The van der Waals surface area contributed by atoms with Crippen molar-refractivity contribution in [1.29, 1.82) is 0 Å². The summed E-state index contributed by atoms with van der Waals surface area (Å²) in [7, 11) is 1.79. The van der Waals surface area contributed by atoms with E-state index in [2.05, 4.69) is 20.7 Å². The second kappa shape index (κ2) is 3.16. The summed E-state index contributed by atoms with van der Waals surface area (Å²) >= 11 is 0. The molecule has 0 aliphatic carbocycles. The van der Waals surface area contributed by atoms with Gasteiger partial charge in [0, 0.05) is 13.1 Å². The summed E-state index contributed by atoms with van der Waals surface area (Å²) < 4.78 is 0. The van der Waals surface area contributed by atoms with Gasteiger partial charge in [-0.25, -0.2) is 15.8 Å². The average Bonchev–Trinajstić information content (AvgIpc) is 2.03. The van der Waals surface area contributed by atoms with Crippen LogP contribution in [0.1, 0.15) is 5.82 Å². The molecule has 0 amide bonds. The number of hydrogen-bond donors (Lipinski definition) is 3. The maximum absolute atomic E-state index is 5.17. The fraction of sp³-hybridized carbons (Fsp3) is 0.333. The Morgan fingerprint density at radius 2 is 2.00 bits per heavy atom. The molecule has 0 aromatic carbocycles. The van der Waals surface area contributed by atoms with E-state index < -0.39 is 0 Å². The van der Waals surface area contributed by atoms with E-state index in [0.29, 0.717) is 11.6 Å². The fourth-order valence-electron chi connectivity index (χ4n) is 0.770. The van der Waals surface area contributed by atoms with Crippen LogP contribution >= 0.6 is 0 Å². The molecular formula is C6H11N5. The third-order valence-corrected chi connectivity index (χ3v) is 1.24. The van der Waals surface area contributed by atoms with Crippen LogP contribution in [0.15, 0.2) is 6.07 Å². The second-order valence-electron chi connectivity index (χ2n) is 2.08. The minimum Gasteiger partial charge on any atom is -0.373 e. The zero-order chi connectivity index (χ0) is 8.27. The highest BCUT2D eigenvalue weighted by atomic mass is 15.3. The molecule has 4 N–H and O–H groups in total. The first-order valence-corrected chi connectivity index (χ1v) is 3.26. The molecule has 0 radical (unpaired) electrons. The monoisotopic (exact) mass is 153 g/mol. The Labute approximate surface area is 65.0 Å². The van der Waals surface area contributed by atoms with Crippen molar-refractivity contribution in [2.75, 3.05) is 17.8 Å². The van der Waals surface area contributed by atoms with Gasteiger partial charge in [-0.3, -0.25) is 0 Å². The number of nitrogens with zero attached hydrogens (tertiary/aromatic N) is 2. The van der Waals surface area contributed by atoms with Crippen molar-refractivity contribution in [2.24, 2.45) is 5.84 Å². The van der Waals surface area contributed by atoms with Gasteiger partial charge in [-0.1, -0.05) is 0 Å². The van der Waals surface area contributed by atoms with Crippen LogP contribution in [-0.4, -0.2) is 17.0 Å². The number of nitrogens with one attached hydrogen (secondary N) is 2. The van der Waals surface area contributed by atoms with Crippen molar-refractivity contribution < 1.29 is 0 Å². The molecule has 1 aromatic heterocycles. The quantitative estimate of drug-likeness (QED) is 0.415. The molecule has 0 saturated carbocycles. The Morgan fingerprint density at radius 1 is 1.36 bits per heavy atom. The number of anilines is 2. The number of hydrogen-bond acceptors (Lipinski definition) is 5. The number of aryl methyl sites for hydroxylation is 1. The predicted molar refractivity (Wildman–Crippen MR) is 44.1 cm³/mol. The number of nitrogens with two attached hydrogens (primary N) is 1. The van der Waals surface area contributed by atoms with E-state index in [1.807, 2.05) is 6.92 Å². The summed E-state index contributed by atoms with van der Waals surface area (Å²) in [5.74, 6) is 7.23. The van der Waals surface area contributed by atoms with Crippen molar-refractivity contribution in [3.8, 4) is 0 Å². The molecule has 0 saturated heterocycles. The lowest BCUT2D eigenvalue weighted by Gasteiger charge is -2.03. The van der Waals surface area contributed by atoms with E-state index in [1.165, 1.54) is 0 Å². The molecule has 1 heterocycles. The number of hydrazine groups is 1. The summed E-state index contributed by atoms with van der Waals surface area (Å²) in [5, 5.41) is 2.90. The van der Waals surface area contributed by atoms with Gasteiger partial charge < -0.3 is 10.7 Å². The van der Waals surface area contributed by atoms with E-state index in [0.717, 1.165) is 5.82 Å². The van der Waals surface area contributed by atoms with Crippen LogP contribution in [0.25, 0.3) is 0 Å². The SMILES string of the molecule is CNc1cc(NN)nc(C)n1. The molecule has 0 atom stereocenters. The first-order valence-electron chi connectivity index (χ1n) is 3.26. The van der Waals surface area contributed by atoms with E-state index in [1.54, 1.807) is 13.1 Å². The zero-order valence-corrected chi connectivity index (χ0v) is 6.55. The Hall–Kier alpha value is -1.36. The highest BCUT2D eigenvalue weighted by Crippen LogP contribution is 2.08. The molecule has 5 nitrogen and oxygen atoms in total. The average molecular weight is 153 g/mol. The van der Waals surface area contributed by atoms with Crippen molar-refractivity contribution in [1.82, 2.24) is 9.97 Å². The summed E-state index contributed by atoms with van der Waals surface area (Å²) in [6.45, 7) is 1.81. The van der Waals surface area contributed by atoms with Gasteiger partial charge in [0.1, 0.15) is 17.5 Å². The smallest absolute Gasteiger partial charge is 0.145 e. The maximum atomic E-state index is 5.17. The summed E-state index contributed by atoms with van der Waals surface area (Å²) in [5.41, 5.74) is 2.45. The first-order chi connectivity index (χ1) is 5.26. The summed E-state index contributed by atoms with van der Waals surface area (Å²) in [6.07, 6.45) is 0. The second-order valence-corrected chi connectivity index (χ2v) is 2.08. The minimum atomic E-state index is 0.613. The maximum Gasteiger partial charge on any atom is 0.145 e. The van der Waals surface area contributed by atoms with Gasteiger partial charge in [-0.05, 0) is 6.92 Å². The van der Waals surface area contributed by atoms with Crippen LogP contribution in [0.5, 0.6) is 0 Å². The van der Waals surface area contributed by atoms with Crippen LogP contribution in [0.3, 0.4) is 0 Å². The summed E-state index contributed by atoms with van der Waals surface area (Å²) in [6, 6.07) is 1.73. The van der Waals surface area contributed by atoms with E-state index in [4.69, 9.17) is 5.84 Å². The lowest BCUT2D eigenvalue weighted by molar-refractivity contribution is 1.04. The van der Waals surface area contributed by atoms with Crippen molar-refractivity contribution in [3.05, 3.63) is 11.9 Å². The molecule has 0 aliphatic rings. The number of aromatic nitrogens is 2. The molecule has 1 rings (SSSR count). The highest BCUT2D eigenvalue weighted by molar-refractivity contribution is 5.46. The molecule has 0 aliphatic heterocycles. The third kappa shape index (κ3) is 1.78. The fourth-order valence-corrected chi connectivity index (χ4v) is 0.770. The molecule has 60 valence electrons. The Kier molecular flexibility index (Phi) is 2.22. The van der Waals surface area contributed by atoms with Gasteiger partial charge in [0.05, 0.1) is 0 Å². The normalized spacial score (nSPS) is 9.36. The number of rotatable bonds is 2. The molecule has 0 unspecified atom stereocenters. The van der Waals surface area contributed by atoms with E-state index >= 15 is 0 Å². The van der Waals surface area contributed by atoms with Gasteiger partial charge in [-0.2, -0.15) is 0 Å². The first kappa shape index (κ1) is 7.74. The molecular weight excluding hydrogens is 142 g/mol. The van der Waals surface area contributed by atoms with Crippen LogP contribution in [-0.2, 0) is 0 Å². The molecule has 11 heavy (non-hydrogen) atoms. The van der Waals surface area contributed by atoms with E-state index in [9.17, 15) is 0 Å². The number of nitrogen functional groups attached to an aromatic ring is 1. The van der Waals surface area contributed by atoms with Gasteiger partial charge in [0.15, 0.2) is 0 Å². The van der Waals surface area contributed by atoms with Crippen molar-refractivity contribution in [3.63, 3.8) is 0 Å². The molecule has 0 spiro atoms. The van der Waals surface area contributed by atoms with Crippen LogP contribution < -0.4 is 16.6 Å². The topological polar surface area (TPSA) is 75.9 Å². The molecule has 5 heteroatoms. The largest absolute Gasteiger partial charge is 0.373 e. The van der Waals surface area contributed by atoms with Crippen LogP contribution in [0, 0.1) is 6.92 Å².